The number of nitrogens with zero attached hydrogens (tertiary/aromatic N) is 1. The van der Waals surface area contributed by atoms with Crippen LogP contribution < -0.4 is 14.8 Å². The second-order valence-corrected chi connectivity index (χ2v) is 6.79. The van der Waals surface area contributed by atoms with Gasteiger partial charge in [0.25, 0.3) is 5.91 Å². The van der Waals surface area contributed by atoms with Gasteiger partial charge in [-0.05, 0) is 38.0 Å². The van der Waals surface area contributed by atoms with Crippen LogP contribution in [0.4, 0.5) is 0 Å². The molecule has 1 aliphatic carbocycles. The molecular formula is C18H16N2O3S. The molecule has 2 aromatic rings. The standard InChI is InChI=1S/C18H16N2O3S/c1-11(14-9-24-18(20-14)13-4-5-13)19-17(21)7-3-12-2-6-15-16(8-12)23-10-22-15/h2,6,8-9,11,13H,4-5,10H2,1H3,(H,19,21)/t11-/m1/s1. The van der Waals surface area contributed by atoms with Gasteiger partial charge >= 0.3 is 0 Å². The van der Waals surface area contributed by atoms with Crippen molar-refractivity contribution < 1.29 is 14.3 Å². The predicted molar refractivity (Wildman–Crippen MR) is 90.1 cm³/mol. The minimum absolute atomic E-state index is 0.146. The summed E-state index contributed by atoms with van der Waals surface area (Å²) in [5.41, 5.74) is 1.62. The van der Waals surface area contributed by atoms with Gasteiger partial charge in [-0.15, -0.1) is 11.3 Å². The van der Waals surface area contributed by atoms with Gasteiger partial charge in [0.1, 0.15) is 0 Å². The number of thiazole rings is 1. The van der Waals surface area contributed by atoms with E-state index in [1.54, 1.807) is 29.5 Å². The molecular weight excluding hydrogens is 324 g/mol. The van der Waals surface area contributed by atoms with Crippen molar-refractivity contribution in [1.29, 1.82) is 0 Å². The second-order valence-electron chi connectivity index (χ2n) is 5.90. The molecule has 0 saturated heterocycles. The van der Waals surface area contributed by atoms with Crippen LogP contribution in [0.1, 0.15) is 48.0 Å². The van der Waals surface area contributed by atoms with Crippen molar-refractivity contribution in [3.05, 3.63) is 39.8 Å². The molecule has 24 heavy (non-hydrogen) atoms. The Morgan fingerprint density at radius 3 is 3.04 bits per heavy atom. The Labute approximate surface area is 144 Å². The number of aromatic nitrogens is 1. The first kappa shape index (κ1) is 15.0. The molecule has 1 N–H and O–H groups in total. The van der Waals surface area contributed by atoms with E-state index in [1.807, 2.05) is 12.3 Å². The molecule has 0 unspecified atom stereocenters. The summed E-state index contributed by atoms with van der Waals surface area (Å²) in [6.45, 7) is 2.15. The summed E-state index contributed by atoms with van der Waals surface area (Å²) < 4.78 is 10.5. The lowest BCUT2D eigenvalue weighted by Crippen LogP contribution is -2.25. The molecule has 122 valence electrons. The highest BCUT2D eigenvalue weighted by molar-refractivity contribution is 7.09. The summed E-state index contributed by atoms with van der Waals surface area (Å²) in [4.78, 5) is 16.6. The van der Waals surface area contributed by atoms with Crippen molar-refractivity contribution in [2.45, 2.75) is 31.7 Å². The first-order chi connectivity index (χ1) is 11.7. The summed E-state index contributed by atoms with van der Waals surface area (Å²) in [5.74, 6) is 7.14. The van der Waals surface area contributed by atoms with Gasteiger partial charge in [0.15, 0.2) is 11.5 Å². The maximum absolute atomic E-state index is 12.0. The number of hydrogen-bond donors (Lipinski definition) is 1. The normalized spacial score (nSPS) is 16.2. The smallest absolute Gasteiger partial charge is 0.296 e. The molecule has 0 bridgehead atoms. The van der Waals surface area contributed by atoms with E-state index in [9.17, 15) is 4.79 Å². The van der Waals surface area contributed by atoms with Crippen LogP contribution in [0.2, 0.25) is 0 Å². The maximum Gasteiger partial charge on any atom is 0.296 e. The number of benzene rings is 1. The van der Waals surface area contributed by atoms with Crippen molar-refractivity contribution in [2.75, 3.05) is 6.79 Å². The first-order valence-corrected chi connectivity index (χ1v) is 8.74. The van der Waals surface area contributed by atoms with Crippen LogP contribution in [0.15, 0.2) is 23.6 Å². The van der Waals surface area contributed by atoms with Crippen LogP contribution in [0.25, 0.3) is 0 Å². The molecule has 1 aromatic carbocycles. The highest BCUT2D eigenvalue weighted by Gasteiger charge is 2.27. The van der Waals surface area contributed by atoms with E-state index in [1.165, 1.54) is 17.8 Å². The predicted octanol–water partition coefficient (Wildman–Crippen LogP) is 2.98. The highest BCUT2D eigenvalue weighted by Crippen LogP contribution is 2.41. The van der Waals surface area contributed by atoms with Gasteiger partial charge in [0.05, 0.1) is 16.7 Å². The number of ether oxygens (including phenoxy) is 2. The third-order valence-electron chi connectivity index (χ3n) is 3.95. The Kier molecular flexibility index (Phi) is 3.87. The van der Waals surface area contributed by atoms with Crippen LogP contribution >= 0.6 is 11.3 Å². The molecule has 1 fully saturated rings. The Balaban J connectivity index is 1.39. The number of nitrogens with one attached hydrogen (secondary N) is 1. The van der Waals surface area contributed by atoms with Crippen molar-refractivity contribution in [3.63, 3.8) is 0 Å². The van der Waals surface area contributed by atoms with Crippen molar-refractivity contribution in [3.8, 4) is 23.3 Å². The fraction of sp³-hybridized carbons (Fsp3) is 0.333. The summed E-state index contributed by atoms with van der Waals surface area (Å²) in [6.07, 6.45) is 2.46. The Morgan fingerprint density at radius 2 is 2.21 bits per heavy atom. The Hall–Kier alpha value is -2.52. The van der Waals surface area contributed by atoms with E-state index in [2.05, 4.69) is 22.1 Å². The number of fused-ring (bicyclic) bond motifs is 1. The van der Waals surface area contributed by atoms with E-state index >= 15 is 0 Å². The minimum Gasteiger partial charge on any atom is -0.454 e. The van der Waals surface area contributed by atoms with Gasteiger partial charge in [-0.25, -0.2) is 4.98 Å². The average Bonchev–Trinajstić information content (AvgIpc) is 3.12. The quantitative estimate of drug-likeness (QED) is 0.873. The van der Waals surface area contributed by atoms with Gasteiger partial charge in [0.2, 0.25) is 6.79 Å². The molecule has 1 amide bonds. The van der Waals surface area contributed by atoms with E-state index in [4.69, 9.17) is 9.47 Å². The summed E-state index contributed by atoms with van der Waals surface area (Å²) in [7, 11) is 0. The van der Waals surface area contributed by atoms with Gasteiger partial charge in [0, 0.05) is 22.8 Å². The van der Waals surface area contributed by atoms with Crippen LogP contribution in [0.3, 0.4) is 0 Å². The van der Waals surface area contributed by atoms with Crippen LogP contribution in [0.5, 0.6) is 11.5 Å². The van der Waals surface area contributed by atoms with E-state index in [0.29, 0.717) is 23.0 Å². The van der Waals surface area contributed by atoms with Crippen molar-refractivity contribution >= 4 is 17.2 Å². The molecule has 1 aliphatic heterocycles. The van der Waals surface area contributed by atoms with Crippen LogP contribution in [-0.4, -0.2) is 17.7 Å². The maximum atomic E-state index is 12.0. The second kappa shape index (κ2) is 6.17. The molecule has 2 aliphatic rings. The zero-order valence-corrected chi connectivity index (χ0v) is 14.0. The van der Waals surface area contributed by atoms with Gasteiger partial charge < -0.3 is 14.8 Å². The lowest BCUT2D eigenvalue weighted by Gasteiger charge is -2.08. The molecule has 5 nitrogen and oxygen atoms in total. The van der Waals surface area contributed by atoms with Crippen molar-refractivity contribution in [1.82, 2.24) is 10.3 Å². The molecule has 1 atom stereocenters. The highest BCUT2D eigenvalue weighted by atomic mass is 32.1. The number of rotatable bonds is 3. The van der Waals surface area contributed by atoms with Gasteiger partial charge in [-0.1, -0.05) is 5.92 Å². The molecule has 6 heteroatoms. The number of hydrogen-bond acceptors (Lipinski definition) is 5. The average molecular weight is 340 g/mol. The Morgan fingerprint density at radius 1 is 1.38 bits per heavy atom. The lowest BCUT2D eigenvalue weighted by molar-refractivity contribution is -0.116. The van der Waals surface area contributed by atoms with Crippen LogP contribution in [-0.2, 0) is 4.79 Å². The Bertz CT molecular complexity index is 845. The fourth-order valence-electron chi connectivity index (χ4n) is 2.43. The molecule has 0 spiro atoms. The zero-order valence-electron chi connectivity index (χ0n) is 13.2. The molecule has 0 radical (unpaired) electrons. The van der Waals surface area contributed by atoms with E-state index in [-0.39, 0.29) is 18.7 Å². The summed E-state index contributed by atoms with van der Waals surface area (Å²) >= 11 is 1.67. The molecule has 2 heterocycles. The summed E-state index contributed by atoms with van der Waals surface area (Å²) in [6, 6.07) is 5.22. The minimum atomic E-state index is -0.318. The molecule has 1 aromatic heterocycles. The largest absolute Gasteiger partial charge is 0.454 e. The number of amides is 1. The SMILES string of the molecule is C[C@@H](NC(=O)C#Cc1ccc2c(c1)OCO2)c1csc(C2CC2)n1. The molecule has 4 rings (SSSR count). The topological polar surface area (TPSA) is 60.5 Å². The van der Waals surface area contributed by atoms with E-state index in [0.717, 1.165) is 5.69 Å². The van der Waals surface area contributed by atoms with Crippen LogP contribution in [0, 0.1) is 11.8 Å². The van der Waals surface area contributed by atoms with Gasteiger partial charge in [-0.3, -0.25) is 4.79 Å². The third kappa shape index (κ3) is 3.22. The van der Waals surface area contributed by atoms with Crippen molar-refractivity contribution in [2.24, 2.45) is 0 Å². The zero-order chi connectivity index (χ0) is 16.5. The van der Waals surface area contributed by atoms with Gasteiger partial charge in [-0.2, -0.15) is 0 Å². The third-order valence-corrected chi connectivity index (χ3v) is 4.98. The monoisotopic (exact) mass is 340 g/mol. The fourth-order valence-corrected chi connectivity index (χ4v) is 3.51. The van der Waals surface area contributed by atoms with E-state index < -0.39 is 0 Å². The lowest BCUT2D eigenvalue weighted by atomic mass is 10.2. The summed E-state index contributed by atoms with van der Waals surface area (Å²) in [5, 5.41) is 6.06. The number of carbonyl (C=O) groups is 1. The number of carbonyl (C=O) groups excluding carboxylic acids is 1. The molecule has 1 saturated carbocycles. The first-order valence-electron chi connectivity index (χ1n) is 7.86.